The van der Waals surface area contributed by atoms with Gasteiger partial charge in [0.2, 0.25) is 11.8 Å². The van der Waals surface area contributed by atoms with Crippen molar-refractivity contribution in [1.29, 1.82) is 0 Å². The molecule has 0 saturated carbocycles. The molecule has 5 nitrogen and oxygen atoms in total. The molecular formula is C14H27N3O2. The van der Waals surface area contributed by atoms with Crippen LogP contribution >= 0.6 is 0 Å². The van der Waals surface area contributed by atoms with Gasteiger partial charge in [-0.15, -0.1) is 0 Å². The van der Waals surface area contributed by atoms with Crippen molar-refractivity contribution in [3.05, 3.63) is 0 Å². The smallest absolute Gasteiger partial charge is 0.242 e. The van der Waals surface area contributed by atoms with Crippen LogP contribution in [-0.4, -0.2) is 47.9 Å². The van der Waals surface area contributed by atoms with Gasteiger partial charge in [0.05, 0.1) is 12.1 Å². The summed E-state index contributed by atoms with van der Waals surface area (Å²) in [6.07, 6.45) is 2.99. The minimum atomic E-state index is -0.519. The maximum absolute atomic E-state index is 12.4. The molecule has 1 saturated heterocycles. The number of rotatable bonds is 3. The van der Waals surface area contributed by atoms with E-state index in [0.29, 0.717) is 0 Å². The van der Waals surface area contributed by atoms with Gasteiger partial charge in [-0.2, -0.15) is 0 Å². The van der Waals surface area contributed by atoms with E-state index in [1.165, 1.54) is 4.90 Å². The van der Waals surface area contributed by atoms with Gasteiger partial charge in [-0.05, 0) is 53.5 Å². The molecular weight excluding hydrogens is 242 g/mol. The fraction of sp³-hybridized carbons (Fsp3) is 0.857. The monoisotopic (exact) mass is 269 g/mol. The summed E-state index contributed by atoms with van der Waals surface area (Å²) in [6, 6.07) is 0. The molecule has 2 amide bonds. The number of amides is 2. The summed E-state index contributed by atoms with van der Waals surface area (Å²) < 4.78 is 0. The van der Waals surface area contributed by atoms with E-state index in [0.717, 1.165) is 25.8 Å². The Hall–Kier alpha value is -1.10. The van der Waals surface area contributed by atoms with Crippen LogP contribution in [0.2, 0.25) is 0 Å². The lowest BCUT2D eigenvalue weighted by atomic mass is 9.89. The van der Waals surface area contributed by atoms with Crippen LogP contribution in [-0.2, 0) is 9.59 Å². The van der Waals surface area contributed by atoms with E-state index >= 15 is 0 Å². The fourth-order valence-corrected chi connectivity index (χ4v) is 2.41. The van der Waals surface area contributed by atoms with Crippen molar-refractivity contribution in [3.63, 3.8) is 0 Å². The minimum absolute atomic E-state index is 0.00346. The molecule has 110 valence electrons. The van der Waals surface area contributed by atoms with E-state index in [1.807, 2.05) is 27.7 Å². The molecule has 1 atom stereocenters. The van der Waals surface area contributed by atoms with Crippen LogP contribution in [0, 0.1) is 0 Å². The quantitative estimate of drug-likeness (QED) is 0.800. The summed E-state index contributed by atoms with van der Waals surface area (Å²) in [4.78, 5) is 25.8. The van der Waals surface area contributed by atoms with Gasteiger partial charge in [0.1, 0.15) is 0 Å². The summed E-state index contributed by atoms with van der Waals surface area (Å²) in [5.41, 5.74) is -0.789. The standard InChI is InChI=1S/C14H27N3O2/c1-13(2,3)16-11(18)10-17(5)12(19)14(4)8-6-7-9-15-14/h15H,6-10H2,1-5H3,(H,16,18). The first kappa shape index (κ1) is 16.0. The molecule has 0 radical (unpaired) electrons. The topological polar surface area (TPSA) is 61.4 Å². The number of carbonyl (C=O) groups is 2. The van der Waals surface area contributed by atoms with Gasteiger partial charge >= 0.3 is 0 Å². The van der Waals surface area contributed by atoms with Crippen LogP contribution in [0.15, 0.2) is 0 Å². The zero-order valence-electron chi connectivity index (χ0n) is 12.8. The van der Waals surface area contributed by atoms with Crippen LogP contribution in [0.1, 0.15) is 47.0 Å². The zero-order chi connectivity index (χ0) is 14.7. The van der Waals surface area contributed by atoms with Gasteiger partial charge in [-0.25, -0.2) is 0 Å². The van der Waals surface area contributed by atoms with Gasteiger partial charge in [-0.1, -0.05) is 0 Å². The first-order valence-corrected chi connectivity index (χ1v) is 6.96. The molecule has 0 aliphatic carbocycles. The van der Waals surface area contributed by atoms with Crippen molar-refractivity contribution in [3.8, 4) is 0 Å². The highest BCUT2D eigenvalue weighted by atomic mass is 16.2. The minimum Gasteiger partial charge on any atom is -0.350 e. The predicted octanol–water partition coefficient (Wildman–Crippen LogP) is 0.892. The Morgan fingerprint density at radius 1 is 1.32 bits per heavy atom. The lowest BCUT2D eigenvalue weighted by Crippen LogP contribution is -2.58. The maximum Gasteiger partial charge on any atom is 0.242 e. The van der Waals surface area contributed by atoms with Crippen LogP contribution in [0.4, 0.5) is 0 Å². The highest BCUT2D eigenvalue weighted by molar-refractivity contribution is 5.90. The second-order valence-corrected chi connectivity index (χ2v) is 6.68. The first-order chi connectivity index (χ1) is 8.64. The summed E-state index contributed by atoms with van der Waals surface area (Å²) >= 11 is 0. The van der Waals surface area contributed by atoms with Gasteiger partial charge in [0.15, 0.2) is 0 Å². The Balaban J connectivity index is 2.55. The molecule has 1 heterocycles. The molecule has 0 aromatic rings. The Bertz CT molecular complexity index is 341. The third-order valence-corrected chi connectivity index (χ3v) is 3.33. The van der Waals surface area contributed by atoms with Gasteiger partial charge < -0.3 is 15.5 Å². The average molecular weight is 269 g/mol. The molecule has 1 fully saturated rings. The van der Waals surface area contributed by atoms with Crippen molar-refractivity contribution in [1.82, 2.24) is 15.5 Å². The van der Waals surface area contributed by atoms with E-state index in [2.05, 4.69) is 10.6 Å². The number of hydrogen-bond donors (Lipinski definition) is 2. The molecule has 19 heavy (non-hydrogen) atoms. The molecule has 2 N–H and O–H groups in total. The number of nitrogens with one attached hydrogen (secondary N) is 2. The Kier molecular flexibility index (Phi) is 4.96. The third-order valence-electron chi connectivity index (χ3n) is 3.33. The first-order valence-electron chi connectivity index (χ1n) is 6.96. The summed E-state index contributed by atoms with van der Waals surface area (Å²) in [5.74, 6) is -0.126. The number of hydrogen-bond acceptors (Lipinski definition) is 3. The number of carbonyl (C=O) groups excluding carboxylic acids is 2. The Morgan fingerprint density at radius 2 is 1.95 bits per heavy atom. The SMILES string of the molecule is CN(CC(=O)NC(C)(C)C)C(=O)C1(C)CCCCN1. The molecule has 0 aromatic carbocycles. The van der Waals surface area contributed by atoms with Crippen LogP contribution in [0.3, 0.4) is 0 Å². The Labute approximate surface area is 116 Å². The number of likely N-dealkylation sites (N-methyl/N-ethyl adjacent to an activating group) is 1. The van der Waals surface area contributed by atoms with Crippen molar-refractivity contribution in [2.75, 3.05) is 20.1 Å². The van der Waals surface area contributed by atoms with E-state index in [1.54, 1.807) is 7.05 Å². The maximum atomic E-state index is 12.4. The normalized spacial score (nSPS) is 23.8. The van der Waals surface area contributed by atoms with E-state index in [4.69, 9.17) is 0 Å². The van der Waals surface area contributed by atoms with E-state index in [9.17, 15) is 9.59 Å². The van der Waals surface area contributed by atoms with Gasteiger partial charge in [-0.3, -0.25) is 9.59 Å². The molecule has 0 bridgehead atoms. The molecule has 1 rings (SSSR count). The van der Waals surface area contributed by atoms with Gasteiger partial charge in [0, 0.05) is 12.6 Å². The highest BCUT2D eigenvalue weighted by Gasteiger charge is 2.36. The van der Waals surface area contributed by atoms with Gasteiger partial charge in [0.25, 0.3) is 0 Å². The summed E-state index contributed by atoms with van der Waals surface area (Å²) in [5, 5.41) is 6.14. The molecule has 1 unspecified atom stereocenters. The lowest BCUT2D eigenvalue weighted by Gasteiger charge is -2.36. The van der Waals surface area contributed by atoms with Crippen LogP contribution in [0.5, 0.6) is 0 Å². The molecule has 1 aliphatic heterocycles. The fourth-order valence-electron chi connectivity index (χ4n) is 2.41. The molecule has 0 spiro atoms. The zero-order valence-corrected chi connectivity index (χ0v) is 12.8. The molecule has 5 heteroatoms. The predicted molar refractivity (Wildman–Crippen MR) is 75.8 cm³/mol. The second-order valence-electron chi connectivity index (χ2n) is 6.68. The van der Waals surface area contributed by atoms with Crippen molar-refractivity contribution < 1.29 is 9.59 Å². The van der Waals surface area contributed by atoms with E-state index < -0.39 is 5.54 Å². The molecule has 0 aromatic heterocycles. The van der Waals surface area contributed by atoms with Crippen molar-refractivity contribution >= 4 is 11.8 Å². The van der Waals surface area contributed by atoms with E-state index in [-0.39, 0.29) is 23.9 Å². The lowest BCUT2D eigenvalue weighted by molar-refractivity contribution is -0.141. The van der Waals surface area contributed by atoms with Crippen molar-refractivity contribution in [2.45, 2.75) is 58.0 Å². The summed E-state index contributed by atoms with van der Waals surface area (Å²) in [6.45, 7) is 8.68. The summed E-state index contributed by atoms with van der Waals surface area (Å²) in [7, 11) is 1.69. The number of nitrogens with zero attached hydrogens (tertiary/aromatic N) is 1. The highest BCUT2D eigenvalue weighted by Crippen LogP contribution is 2.20. The molecule has 1 aliphatic rings. The number of piperidine rings is 1. The van der Waals surface area contributed by atoms with Crippen molar-refractivity contribution in [2.24, 2.45) is 0 Å². The van der Waals surface area contributed by atoms with Crippen LogP contribution < -0.4 is 10.6 Å². The largest absolute Gasteiger partial charge is 0.350 e. The third kappa shape index (κ3) is 4.82. The Morgan fingerprint density at radius 3 is 2.42 bits per heavy atom. The second kappa shape index (κ2) is 5.90. The van der Waals surface area contributed by atoms with Crippen LogP contribution in [0.25, 0.3) is 0 Å². The average Bonchev–Trinajstić information content (AvgIpc) is 2.26.